The molecule has 5 heteroatoms. The Kier molecular flexibility index (Phi) is 6.32. The number of carbonyl (C=O) groups is 1. The minimum atomic E-state index is -0.405. The molecule has 0 aliphatic carbocycles. The van der Waals surface area contributed by atoms with E-state index in [1.54, 1.807) is 25.1 Å². The molecule has 0 radical (unpaired) electrons. The van der Waals surface area contributed by atoms with Crippen molar-refractivity contribution < 1.29 is 9.90 Å². The van der Waals surface area contributed by atoms with Gasteiger partial charge in [-0.25, -0.2) is 4.79 Å². The van der Waals surface area contributed by atoms with E-state index in [0.717, 1.165) is 16.7 Å². The van der Waals surface area contributed by atoms with Crippen molar-refractivity contribution in [1.82, 2.24) is 15.2 Å². The number of aromatic nitrogens is 1. The van der Waals surface area contributed by atoms with Gasteiger partial charge in [-0.2, -0.15) is 0 Å². The van der Waals surface area contributed by atoms with Gasteiger partial charge in [-0.1, -0.05) is 30.3 Å². The zero-order valence-corrected chi connectivity index (χ0v) is 14.4. The number of rotatable bonds is 6. The predicted octanol–water partition coefficient (Wildman–Crippen LogP) is 3.22. The summed E-state index contributed by atoms with van der Waals surface area (Å²) in [5.41, 5.74) is 3.21. The smallest absolute Gasteiger partial charge is 0.317 e. The topological polar surface area (TPSA) is 65.5 Å². The van der Waals surface area contributed by atoms with Crippen LogP contribution in [-0.2, 0) is 0 Å². The minimum absolute atomic E-state index is 0.0885. The van der Waals surface area contributed by atoms with Crippen LogP contribution in [0.4, 0.5) is 4.79 Å². The van der Waals surface area contributed by atoms with Crippen LogP contribution in [0.25, 0.3) is 11.1 Å². The fourth-order valence-electron chi connectivity index (χ4n) is 2.36. The van der Waals surface area contributed by atoms with Crippen molar-refractivity contribution in [2.24, 2.45) is 0 Å². The molecule has 0 aliphatic heterocycles. The molecule has 2 N–H and O–H groups in total. The van der Waals surface area contributed by atoms with E-state index >= 15 is 0 Å². The van der Waals surface area contributed by atoms with E-state index in [2.05, 4.69) is 10.3 Å². The summed E-state index contributed by atoms with van der Waals surface area (Å²) in [7, 11) is 1.73. The van der Waals surface area contributed by atoms with Crippen molar-refractivity contribution in [1.29, 1.82) is 0 Å². The normalized spacial score (nSPS) is 13.2. The summed E-state index contributed by atoms with van der Waals surface area (Å²) in [5.74, 6) is 0. The van der Waals surface area contributed by atoms with Gasteiger partial charge in [0.25, 0.3) is 0 Å². The van der Waals surface area contributed by atoms with Crippen LogP contribution in [0.3, 0.4) is 0 Å². The third kappa shape index (κ3) is 5.06. The first-order chi connectivity index (χ1) is 11.5. The van der Waals surface area contributed by atoms with Gasteiger partial charge in [-0.05, 0) is 43.0 Å². The second-order valence-electron chi connectivity index (χ2n) is 6.09. The Hall–Kier alpha value is -2.40. The average Bonchev–Trinajstić information content (AvgIpc) is 2.60. The van der Waals surface area contributed by atoms with Gasteiger partial charge in [0.2, 0.25) is 0 Å². The predicted molar refractivity (Wildman–Crippen MR) is 95.5 cm³/mol. The van der Waals surface area contributed by atoms with Crippen LogP contribution in [0.1, 0.15) is 31.9 Å². The van der Waals surface area contributed by atoms with Crippen LogP contribution in [0.2, 0.25) is 0 Å². The van der Waals surface area contributed by atoms with E-state index in [1.165, 1.54) is 0 Å². The van der Waals surface area contributed by atoms with Gasteiger partial charge in [0.15, 0.2) is 0 Å². The van der Waals surface area contributed by atoms with Crippen LogP contribution in [0.15, 0.2) is 48.8 Å². The molecule has 2 rings (SSSR count). The highest BCUT2D eigenvalue weighted by Crippen LogP contribution is 2.21. The molecule has 0 spiro atoms. The van der Waals surface area contributed by atoms with Crippen LogP contribution < -0.4 is 5.32 Å². The summed E-state index contributed by atoms with van der Waals surface area (Å²) in [6, 6.07) is 11.8. The molecule has 0 fully saturated rings. The standard InChI is InChI=1S/C19H25N3O2/c1-14(23)10-12-22(3)19(24)21-15(2)16-6-8-17(9-7-16)18-5-4-11-20-13-18/h4-9,11,13-15,23H,10,12H2,1-3H3,(H,21,24). The van der Waals surface area contributed by atoms with Crippen molar-refractivity contribution in [2.75, 3.05) is 13.6 Å². The van der Waals surface area contributed by atoms with Gasteiger partial charge >= 0.3 is 6.03 Å². The Morgan fingerprint density at radius 2 is 1.92 bits per heavy atom. The number of nitrogens with zero attached hydrogens (tertiary/aromatic N) is 2. The fourth-order valence-corrected chi connectivity index (χ4v) is 2.36. The van der Waals surface area contributed by atoms with E-state index in [9.17, 15) is 9.90 Å². The number of hydrogen-bond donors (Lipinski definition) is 2. The number of carbonyl (C=O) groups excluding carboxylic acids is 1. The summed E-state index contributed by atoms with van der Waals surface area (Å²) in [6.45, 7) is 4.20. The number of nitrogens with one attached hydrogen (secondary N) is 1. The number of pyridine rings is 1. The molecule has 128 valence electrons. The highest BCUT2D eigenvalue weighted by molar-refractivity contribution is 5.74. The fraction of sp³-hybridized carbons (Fsp3) is 0.368. The number of aliphatic hydroxyl groups excluding tert-OH is 1. The molecule has 1 aromatic carbocycles. The van der Waals surface area contributed by atoms with Crippen molar-refractivity contribution in [3.05, 3.63) is 54.4 Å². The van der Waals surface area contributed by atoms with Crippen molar-refractivity contribution in [3.63, 3.8) is 0 Å². The summed E-state index contributed by atoms with van der Waals surface area (Å²) in [6.07, 6.45) is 3.75. The largest absolute Gasteiger partial charge is 0.393 e. The summed E-state index contributed by atoms with van der Waals surface area (Å²) in [4.78, 5) is 17.9. The van der Waals surface area contributed by atoms with Gasteiger partial charge in [-0.3, -0.25) is 4.98 Å². The first-order valence-electron chi connectivity index (χ1n) is 8.17. The molecule has 1 aromatic heterocycles. The lowest BCUT2D eigenvalue weighted by molar-refractivity contribution is 0.162. The second kappa shape index (κ2) is 8.45. The highest BCUT2D eigenvalue weighted by atomic mass is 16.3. The summed E-state index contributed by atoms with van der Waals surface area (Å²) < 4.78 is 0. The summed E-state index contributed by atoms with van der Waals surface area (Å²) >= 11 is 0. The maximum Gasteiger partial charge on any atom is 0.317 e. The molecule has 1 heterocycles. The number of amides is 2. The Morgan fingerprint density at radius 3 is 2.50 bits per heavy atom. The van der Waals surface area contributed by atoms with Gasteiger partial charge in [-0.15, -0.1) is 0 Å². The van der Waals surface area contributed by atoms with E-state index in [4.69, 9.17) is 0 Å². The molecular formula is C19H25N3O2. The number of aliphatic hydroxyl groups is 1. The monoisotopic (exact) mass is 327 g/mol. The average molecular weight is 327 g/mol. The Bertz CT molecular complexity index is 641. The molecule has 0 bridgehead atoms. The van der Waals surface area contributed by atoms with Crippen molar-refractivity contribution >= 4 is 6.03 Å². The Labute approximate surface area is 143 Å². The zero-order chi connectivity index (χ0) is 17.5. The van der Waals surface area contributed by atoms with Gasteiger partial charge in [0, 0.05) is 26.0 Å². The highest BCUT2D eigenvalue weighted by Gasteiger charge is 2.13. The van der Waals surface area contributed by atoms with Crippen molar-refractivity contribution in [2.45, 2.75) is 32.4 Å². The molecule has 2 unspecified atom stereocenters. The van der Waals surface area contributed by atoms with Gasteiger partial charge in [0.1, 0.15) is 0 Å². The zero-order valence-electron chi connectivity index (χ0n) is 14.4. The number of hydrogen-bond acceptors (Lipinski definition) is 3. The van der Waals surface area contributed by atoms with Crippen LogP contribution in [0.5, 0.6) is 0 Å². The molecular weight excluding hydrogens is 302 g/mol. The van der Waals surface area contributed by atoms with E-state index in [1.807, 2.05) is 49.5 Å². The van der Waals surface area contributed by atoms with E-state index in [0.29, 0.717) is 13.0 Å². The quantitative estimate of drug-likeness (QED) is 0.856. The van der Waals surface area contributed by atoms with Gasteiger partial charge < -0.3 is 15.3 Å². The van der Waals surface area contributed by atoms with Gasteiger partial charge in [0.05, 0.1) is 12.1 Å². The third-order valence-corrected chi connectivity index (χ3v) is 3.97. The second-order valence-corrected chi connectivity index (χ2v) is 6.09. The Morgan fingerprint density at radius 1 is 1.21 bits per heavy atom. The molecule has 0 saturated heterocycles. The molecule has 24 heavy (non-hydrogen) atoms. The molecule has 2 aromatic rings. The maximum atomic E-state index is 12.2. The molecule has 0 saturated carbocycles. The summed E-state index contributed by atoms with van der Waals surface area (Å²) in [5, 5.41) is 12.3. The van der Waals surface area contributed by atoms with Crippen LogP contribution in [-0.4, -0.2) is 40.7 Å². The lowest BCUT2D eigenvalue weighted by Gasteiger charge is -2.22. The van der Waals surface area contributed by atoms with E-state index in [-0.39, 0.29) is 12.1 Å². The molecule has 0 aliphatic rings. The maximum absolute atomic E-state index is 12.2. The molecule has 2 amide bonds. The van der Waals surface area contributed by atoms with Crippen LogP contribution in [0, 0.1) is 0 Å². The van der Waals surface area contributed by atoms with Crippen LogP contribution >= 0.6 is 0 Å². The van der Waals surface area contributed by atoms with Crippen molar-refractivity contribution in [3.8, 4) is 11.1 Å². The lowest BCUT2D eigenvalue weighted by atomic mass is 10.0. The lowest BCUT2D eigenvalue weighted by Crippen LogP contribution is -2.39. The first-order valence-corrected chi connectivity index (χ1v) is 8.17. The number of urea groups is 1. The van der Waals surface area contributed by atoms with E-state index < -0.39 is 6.10 Å². The minimum Gasteiger partial charge on any atom is -0.393 e. The first kappa shape index (κ1) is 17.9. The third-order valence-electron chi connectivity index (χ3n) is 3.97. The Balaban J connectivity index is 1.95. The molecule has 5 nitrogen and oxygen atoms in total. The SMILES string of the molecule is CC(O)CCN(C)C(=O)NC(C)c1ccc(-c2cccnc2)cc1. The molecule has 2 atom stereocenters. The number of benzene rings is 1.